The number of carbonyl (C=O) groups is 1. The average molecular weight is 303 g/mol. The van der Waals surface area contributed by atoms with Crippen LogP contribution < -0.4 is 10.0 Å². The van der Waals surface area contributed by atoms with Gasteiger partial charge in [-0.1, -0.05) is 13.8 Å². The van der Waals surface area contributed by atoms with E-state index in [2.05, 4.69) is 10.0 Å². The standard InChI is InChI=1S/C12H21N3O4S/c1-8(2)10(7-16)14-12(17)11-5-9(6-15(11)4)20(18,19)13-3/h5-6,8,10,13,16H,7H2,1-4H3,(H,14,17)/t10-/m1/s1. The third-order valence-corrected chi connectivity index (χ3v) is 4.49. The van der Waals surface area contributed by atoms with Crippen molar-refractivity contribution in [2.75, 3.05) is 13.7 Å². The van der Waals surface area contributed by atoms with Gasteiger partial charge in [-0.15, -0.1) is 0 Å². The van der Waals surface area contributed by atoms with Crippen LogP contribution in [0.4, 0.5) is 0 Å². The van der Waals surface area contributed by atoms with E-state index in [9.17, 15) is 18.3 Å². The highest BCUT2D eigenvalue weighted by Gasteiger charge is 2.21. The lowest BCUT2D eigenvalue weighted by Gasteiger charge is -2.19. The predicted octanol–water partition coefficient (Wildman–Crippen LogP) is -0.320. The summed E-state index contributed by atoms with van der Waals surface area (Å²) in [6.45, 7) is 3.58. The molecular formula is C12H21N3O4S. The number of sulfonamides is 1. The number of aryl methyl sites for hydroxylation is 1. The summed E-state index contributed by atoms with van der Waals surface area (Å²) in [6.07, 6.45) is 1.37. The number of hydrogen-bond acceptors (Lipinski definition) is 4. The molecule has 0 aliphatic rings. The van der Waals surface area contributed by atoms with E-state index in [-0.39, 0.29) is 29.2 Å². The molecule has 7 nitrogen and oxygen atoms in total. The van der Waals surface area contributed by atoms with Gasteiger partial charge in [0.2, 0.25) is 10.0 Å². The molecule has 0 aliphatic carbocycles. The van der Waals surface area contributed by atoms with Crippen LogP contribution in [0.15, 0.2) is 17.2 Å². The number of aliphatic hydroxyl groups is 1. The van der Waals surface area contributed by atoms with E-state index >= 15 is 0 Å². The van der Waals surface area contributed by atoms with E-state index in [1.54, 1.807) is 7.05 Å². The number of aromatic nitrogens is 1. The number of hydrogen-bond donors (Lipinski definition) is 3. The molecule has 8 heteroatoms. The van der Waals surface area contributed by atoms with Gasteiger partial charge in [-0.05, 0) is 19.0 Å². The van der Waals surface area contributed by atoms with Crippen LogP contribution in [0.3, 0.4) is 0 Å². The van der Waals surface area contributed by atoms with Crippen LogP contribution in [-0.2, 0) is 17.1 Å². The summed E-state index contributed by atoms with van der Waals surface area (Å²) in [5.74, 6) is -0.345. The highest BCUT2D eigenvalue weighted by molar-refractivity contribution is 7.89. The molecular weight excluding hydrogens is 282 g/mol. The van der Waals surface area contributed by atoms with Gasteiger partial charge in [-0.2, -0.15) is 0 Å². The number of carbonyl (C=O) groups excluding carboxylic acids is 1. The molecule has 0 radical (unpaired) electrons. The minimum atomic E-state index is -3.58. The second-order valence-corrected chi connectivity index (χ2v) is 6.77. The molecule has 0 saturated heterocycles. The summed E-state index contributed by atoms with van der Waals surface area (Å²) in [5.41, 5.74) is 0.220. The van der Waals surface area contributed by atoms with Gasteiger partial charge in [0, 0.05) is 13.2 Å². The number of rotatable bonds is 6. The normalized spacial score (nSPS) is 13.5. The molecule has 20 heavy (non-hydrogen) atoms. The van der Waals surface area contributed by atoms with Gasteiger partial charge in [0.05, 0.1) is 12.6 Å². The van der Waals surface area contributed by atoms with Crippen LogP contribution >= 0.6 is 0 Å². The zero-order valence-electron chi connectivity index (χ0n) is 12.0. The molecule has 1 aromatic rings. The Kier molecular flexibility index (Phi) is 5.32. The molecule has 3 N–H and O–H groups in total. The second-order valence-electron chi connectivity index (χ2n) is 4.89. The first-order chi connectivity index (χ1) is 9.22. The topological polar surface area (TPSA) is 100 Å². The summed E-state index contributed by atoms with van der Waals surface area (Å²) in [7, 11) is -0.686. The molecule has 0 unspecified atom stereocenters. The van der Waals surface area contributed by atoms with Gasteiger partial charge in [0.25, 0.3) is 5.91 Å². The molecule has 0 saturated carbocycles. The Hall–Kier alpha value is -1.38. The number of amides is 1. The van der Waals surface area contributed by atoms with Crippen LogP contribution in [0, 0.1) is 5.92 Å². The van der Waals surface area contributed by atoms with Crippen molar-refractivity contribution in [2.24, 2.45) is 13.0 Å². The molecule has 0 bridgehead atoms. The lowest BCUT2D eigenvalue weighted by molar-refractivity contribution is 0.0888. The third kappa shape index (κ3) is 3.59. The van der Waals surface area contributed by atoms with E-state index < -0.39 is 15.9 Å². The summed E-state index contributed by atoms with van der Waals surface area (Å²) < 4.78 is 27.0. The fourth-order valence-electron chi connectivity index (χ4n) is 1.69. The predicted molar refractivity (Wildman–Crippen MR) is 74.8 cm³/mol. The lowest BCUT2D eigenvalue weighted by Crippen LogP contribution is -2.41. The monoisotopic (exact) mass is 303 g/mol. The van der Waals surface area contributed by atoms with Crippen LogP contribution in [0.5, 0.6) is 0 Å². The van der Waals surface area contributed by atoms with Crippen LogP contribution in [0.1, 0.15) is 24.3 Å². The molecule has 114 valence electrons. The summed E-state index contributed by atoms with van der Waals surface area (Å²) in [5, 5.41) is 11.9. The molecule has 1 aromatic heterocycles. The van der Waals surface area contributed by atoms with Crippen molar-refractivity contribution in [1.29, 1.82) is 0 Å². The zero-order chi connectivity index (χ0) is 15.5. The SMILES string of the molecule is CNS(=O)(=O)c1cc(C(=O)N[C@H](CO)C(C)C)n(C)c1. The highest BCUT2D eigenvalue weighted by Crippen LogP contribution is 2.13. The minimum Gasteiger partial charge on any atom is -0.394 e. The Balaban J connectivity index is 3.01. The second kappa shape index (κ2) is 6.38. The van der Waals surface area contributed by atoms with Gasteiger partial charge in [0.1, 0.15) is 10.6 Å². The number of nitrogens with one attached hydrogen (secondary N) is 2. The van der Waals surface area contributed by atoms with Gasteiger partial charge >= 0.3 is 0 Å². The number of aliphatic hydroxyl groups excluding tert-OH is 1. The van der Waals surface area contributed by atoms with E-state index in [1.165, 1.54) is 23.9 Å². The maximum absolute atomic E-state index is 12.1. The van der Waals surface area contributed by atoms with Crippen LogP contribution in [-0.4, -0.2) is 43.7 Å². The molecule has 0 fully saturated rings. The van der Waals surface area contributed by atoms with Crippen molar-refractivity contribution >= 4 is 15.9 Å². The highest BCUT2D eigenvalue weighted by atomic mass is 32.2. The fraction of sp³-hybridized carbons (Fsp3) is 0.583. The first-order valence-electron chi connectivity index (χ1n) is 6.24. The number of nitrogens with zero attached hydrogens (tertiary/aromatic N) is 1. The fourth-order valence-corrected chi connectivity index (χ4v) is 2.49. The first kappa shape index (κ1) is 16.7. The van der Waals surface area contributed by atoms with Crippen molar-refractivity contribution in [2.45, 2.75) is 24.8 Å². The quantitative estimate of drug-likeness (QED) is 0.670. The maximum Gasteiger partial charge on any atom is 0.268 e. The zero-order valence-corrected chi connectivity index (χ0v) is 12.9. The molecule has 1 heterocycles. The van der Waals surface area contributed by atoms with E-state index in [1.807, 2.05) is 13.8 Å². The van der Waals surface area contributed by atoms with E-state index in [4.69, 9.17) is 0 Å². The van der Waals surface area contributed by atoms with Crippen molar-refractivity contribution in [3.8, 4) is 0 Å². The van der Waals surface area contributed by atoms with Crippen molar-refractivity contribution < 1.29 is 18.3 Å². The van der Waals surface area contributed by atoms with Gasteiger partial charge in [0.15, 0.2) is 0 Å². The molecule has 0 aromatic carbocycles. The third-order valence-electron chi connectivity index (χ3n) is 3.11. The Labute approximate surface area is 119 Å². The largest absolute Gasteiger partial charge is 0.394 e. The van der Waals surface area contributed by atoms with E-state index in [0.717, 1.165) is 0 Å². The van der Waals surface area contributed by atoms with Crippen LogP contribution in [0.25, 0.3) is 0 Å². The summed E-state index contributed by atoms with van der Waals surface area (Å²) in [6, 6.07) is 0.928. The van der Waals surface area contributed by atoms with Gasteiger partial charge in [-0.3, -0.25) is 4.79 Å². The van der Waals surface area contributed by atoms with Crippen LogP contribution in [0.2, 0.25) is 0 Å². The Bertz CT molecular complexity index is 578. The molecule has 0 aliphatic heterocycles. The lowest BCUT2D eigenvalue weighted by atomic mass is 10.1. The Morgan fingerprint density at radius 3 is 2.50 bits per heavy atom. The first-order valence-corrected chi connectivity index (χ1v) is 7.73. The summed E-state index contributed by atoms with van der Waals surface area (Å²) in [4.78, 5) is 12.1. The van der Waals surface area contributed by atoms with Crippen molar-refractivity contribution in [1.82, 2.24) is 14.6 Å². The molecule has 1 atom stereocenters. The average Bonchev–Trinajstić information content (AvgIpc) is 2.78. The van der Waals surface area contributed by atoms with Crippen molar-refractivity contribution in [3.63, 3.8) is 0 Å². The smallest absolute Gasteiger partial charge is 0.268 e. The maximum atomic E-state index is 12.1. The minimum absolute atomic E-state index is 0.0257. The molecule has 0 spiro atoms. The van der Waals surface area contributed by atoms with Crippen molar-refractivity contribution in [3.05, 3.63) is 18.0 Å². The Morgan fingerprint density at radius 1 is 1.45 bits per heavy atom. The molecule has 1 amide bonds. The van der Waals surface area contributed by atoms with E-state index in [0.29, 0.717) is 0 Å². The van der Waals surface area contributed by atoms with Gasteiger partial charge in [-0.25, -0.2) is 13.1 Å². The Morgan fingerprint density at radius 2 is 2.05 bits per heavy atom. The van der Waals surface area contributed by atoms with Gasteiger partial charge < -0.3 is 15.0 Å². The molecule has 1 rings (SSSR count). The summed E-state index contributed by atoms with van der Waals surface area (Å²) >= 11 is 0.